The largest absolute Gasteiger partial charge is 0.354 e. The van der Waals surface area contributed by atoms with E-state index in [9.17, 15) is 0 Å². The first kappa shape index (κ1) is 51.7. The van der Waals surface area contributed by atoms with Gasteiger partial charge in [-0.2, -0.15) is 0 Å². The summed E-state index contributed by atoms with van der Waals surface area (Å²) in [4.78, 5) is 7.89. The van der Waals surface area contributed by atoms with Crippen LogP contribution in [0.2, 0.25) is 0 Å². The van der Waals surface area contributed by atoms with Crippen LogP contribution in [-0.2, 0) is 15.4 Å². The zero-order valence-electron chi connectivity index (χ0n) is 49.9. The summed E-state index contributed by atoms with van der Waals surface area (Å²) in [6.07, 6.45) is 0. The molecule has 0 fully saturated rings. The molecule has 0 atom stereocenters. The third-order valence-electron chi connectivity index (χ3n) is 20.1. The lowest BCUT2D eigenvalue weighted by molar-refractivity contribution is 0.592. The van der Waals surface area contributed by atoms with Crippen LogP contribution in [0.15, 0.2) is 279 Å². The van der Waals surface area contributed by atoms with E-state index in [4.69, 9.17) is 0 Å². The molecular weight excluding hydrogens is 1100 g/mol. The van der Waals surface area contributed by atoms with Crippen LogP contribution in [0.4, 0.5) is 0 Å². The number of H-pyrrole nitrogens is 2. The van der Waals surface area contributed by atoms with Crippen LogP contribution >= 0.6 is 7.14 Å². The molecule has 0 spiro atoms. The van der Waals surface area contributed by atoms with Gasteiger partial charge in [0.15, 0.2) is 7.14 Å². The molecule has 4 nitrogen and oxygen atoms in total. The van der Waals surface area contributed by atoms with Gasteiger partial charge in [-0.15, -0.1) is 0 Å². The number of hydrogen-bond acceptors (Lipinski definition) is 1. The van der Waals surface area contributed by atoms with E-state index in [0.29, 0.717) is 0 Å². The van der Waals surface area contributed by atoms with Crippen LogP contribution in [0.3, 0.4) is 0 Å². The minimum Gasteiger partial charge on any atom is -0.354 e. The van der Waals surface area contributed by atoms with E-state index < -0.39 is 7.14 Å². The Hall–Kier alpha value is -10.5. The first-order chi connectivity index (χ1) is 43.5. The molecule has 13 aromatic carbocycles. The Morgan fingerprint density at radius 1 is 0.292 bits per heavy atom. The molecule has 2 N–H and O–H groups in total. The van der Waals surface area contributed by atoms with Gasteiger partial charge in [-0.1, -0.05) is 228 Å². The van der Waals surface area contributed by atoms with Crippen molar-refractivity contribution in [2.45, 2.75) is 38.5 Å². The maximum atomic E-state index is 15.2. The third-order valence-corrected chi connectivity index (χ3v) is 23.2. The maximum absolute atomic E-state index is 15.2. The Kier molecular flexibility index (Phi) is 11.0. The Morgan fingerprint density at radius 3 is 1.53 bits per heavy atom. The van der Waals surface area contributed by atoms with Gasteiger partial charge >= 0.3 is 0 Å². The van der Waals surface area contributed by atoms with E-state index in [1.807, 2.05) is 60.7 Å². The number of rotatable bonds is 8. The van der Waals surface area contributed by atoms with Crippen LogP contribution in [0.1, 0.15) is 49.9 Å². The highest BCUT2D eigenvalue weighted by molar-refractivity contribution is 7.85. The summed E-state index contributed by atoms with van der Waals surface area (Å²) in [6.45, 7) is 9.52. The number of hydrogen-bond donors (Lipinski definition) is 2. The van der Waals surface area contributed by atoms with Gasteiger partial charge < -0.3 is 19.1 Å². The second-order valence-electron chi connectivity index (χ2n) is 25.7. The van der Waals surface area contributed by atoms with E-state index in [0.717, 1.165) is 54.8 Å². The molecule has 0 saturated heterocycles. The van der Waals surface area contributed by atoms with Gasteiger partial charge in [-0.05, 0) is 168 Å². The Labute approximate surface area is 516 Å². The minimum absolute atomic E-state index is 0.124. The molecule has 0 radical (unpaired) electrons. The summed E-state index contributed by atoms with van der Waals surface area (Å²) in [6, 6.07) is 101. The molecule has 0 aliphatic heterocycles. The molecule has 3 aromatic heterocycles. The molecule has 16 aromatic rings. The van der Waals surface area contributed by atoms with E-state index >= 15 is 4.57 Å². The molecule has 0 bridgehead atoms. The molecule has 422 valence electrons. The molecule has 0 amide bonds. The predicted octanol–water partition coefficient (Wildman–Crippen LogP) is 21.0. The summed E-state index contributed by atoms with van der Waals surface area (Å²) in [5, 5.41) is 9.84. The zero-order valence-corrected chi connectivity index (χ0v) is 50.8. The van der Waals surface area contributed by atoms with E-state index in [1.165, 1.54) is 121 Å². The molecule has 2 aliphatic rings. The lowest BCUT2D eigenvalue weighted by atomic mass is 9.81. The number of fused-ring (bicyclic) bond motifs is 15. The Balaban J connectivity index is 0.743. The highest BCUT2D eigenvalue weighted by atomic mass is 31.2. The summed E-state index contributed by atoms with van der Waals surface area (Å²) >= 11 is 0. The molecule has 0 unspecified atom stereocenters. The summed E-state index contributed by atoms with van der Waals surface area (Å²) in [5.41, 5.74) is 27.6. The molecule has 18 rings (SSSR count). The van der Waals surface area contributed by atoms with Gasteiger partial charge in [0.05, 0.1) is 11.0 Å². The second-order valence-corrected chi connectivity index (χ2v) is 28.5. The Bertz CT molecular complexity index is 5630. The number of nitrogens with one attached hydrogen (secondary N) is 2. The minimum atomic E-state index is -3.08. The van der Waals surface area contributed by atoms with Crippen molar-refractivity contribution in [3.05, 3.63) is 301 Å². The monoisotopic (exact) mass is 1160 g/mol. The fraction of sp³-hybridized carbons (Fsp3) is 0.0714. The highest BCUT2D eigenvalue weighted by Gasteiger charge is 2.38. The van der Waals surface area contributed by atoms with Crippen LogP contribution in [0.5, 0.6) is 0 Å². The number of aromatic amines is 2. The zero-order chi connectivity index (χ0) is 59.5. The van der Waals surface area contributed by atoms with Gasteiger partial charge in [-0.25, -0.2) is 0 Å². The van der Waals surface area contributed by atoms with Crippen molar-refractivity contribution in [3.63, 3.8) is 0 Å². The summed E-state index contributed by atoms with van der Waals surface area (Å²) in [5.74, 6) is 0. The van der Waals surface area contributed by atoms with E-state index in [1.54, 1.807) is 0 Å². The van der Waals surface area contributed by atoms with Crippen molar-refractivity contribution >= 4 is 88.5 Å². The quantitative estimate of drug-likeness (QED) is 0.146. The molecule has 3 heterocycles. The average molecular weight is 1160 g/mol. The smallest absolute Gasteiger partial charge is 0.171 e. The molecule has 5 heteroatoms. The maximum Gasteiger partial charge on any atom is 0.171 e. The molecule has 89 heavy (non-hydrogen) atoms. The highest BCUT2D eigenvalue weighted by Crippen LogP contribution is 2.54. The van der Waals surface area contributed by atoms with Crippen molar-refractivity contribution in [2.24, 2.45) is 0 Å². The fourth-order valence-corrected chi connectivity index (χ4v) is 18.2. The lowest BCUT2D eigenvalue weighted by Gasteiger charge is -2.22. The van der Waals surface area contributed by atoms with Crippen molar-refractivity contribution in [2.75, 3.05) is 0 Å². The van der Waals surface area contributed by atoms with Crippen molar-refractivity contribution in [3.8, 4) is 72.4 Å². The molecule has 0 saturated carbocycles. The summed E-state index contributed by atoms with van der Waals surface area (Å²) in [7, 11) is -3.08. The van der Waals surface area contributed by atoms with Gasteiger partial charge in [0.1, 0.15) is 0 Å². The van der Waals surface area contributed by atoms with Gasteiger partial charge in [0, 0.05) is 86.8 Å². The number of benzene rings is 13. The third kappa shape index (κ3) is 7.64. The fourth-order valence-electron chi connectivity index (χ4n) is 15.6. The van der Waals surface area contributed by atoms with Crippen molar-refractivity contribution in [1.82, 2.24) is 14.5 Å². The van der Waals surface area contributed by atoms with Gasteiger partial charge in [-0.3, -0.25) is 0 Å². The SMILES string of the molecule is CC1(C)c2cc(-c3cc(-c4ccc5c(c4)c4ccccc4n5-c4ccc(-c5ccccc5)cc4)c4c(c3)[nH]c3cc5c(cc34)-c3ccccc3C5(C)C)ccc2-c2cc3c(cc21)[nH]c1cc(-c2ccc(P(=O)(c4ccccc4)c4ccccc4)cc2)ccc13. The second kappa shape index (κ2) is 19.0. The van der Waals surface area contributed by atoms with Crippen LogP contribution in [0.25, 0.3) is 138 Å². The van der Waals surface area contributed by atoms with Crippen LogP contribution in [-0.4, -0.2) is 14.5 Å². The predicted molar refractivity (Wildman–Crippen MR) is 376 cm³/mol. The molecule has 2 aliphatic carbocycles. The van der Waals surface area contributed by atoms with E-state index in [-0.39, 0.29) is 10.8 Å². The Morgan fingerprint density at radius 2 is 0.787 bits per heavy atom. The average Bonchev–Trinajstić information content (AvgIpc) is 1.60. The summed E-state index contributed by atoms with van der Waals surface area (Å²) < 4.78 is 17.6. The topological polar surface area (TPSA) is 53.6 Å². The first-order valence-electron chi connectivity index (χ1n) is 31.0. The van der Waals surface area contributed by atoms with Gasteiger partial charge in [0.25, 0.3) is 0 Å². The van der Waals surface area contributed by atoms with Crippen molar-refractivity contribution < 1.29 is 4.57 Å². The standard InChI is InChI=1S/C84H60N3OP/c1-83(2)72-26-16-14-24-62(72)68-48-71-78(50-74(68)83)86-79-46-57(43-66(82(71)79)56-34-41-81-70(42-56)65-25-15-17-27-80(65)87(81)58-35-28-52(29-36-58)51-18-8-5-9-19-51)54-32-39-63-67-47-69-64-40-33-55(45-76(64)85-77(69)49-75(67)84(3,4)73(63)44-54)53-30-37-61(38-31-53)89(88,59-20-10-6-11-21-59)60-22-12-7-13-23-60/h5-50,85-86H,1-4H3. The normalized spacial score (nSPS) is 13.8. The van der Waals surface area contributed by atoms with Crippen molar-refractivity contribution in [1.29, 1.82) is 0 Å². The lowest BCUT2D eigenvalue weighted by Crippen LogP contribution is -2.24. The van der Waals surface area contributed by atoms with Gasteiger partial charge in [0.2, 0.25) is 0 Å². The number of nitrogens with zero attached hydrogens (tertiary/aromatic N) is 1. The van der Waals surface area contributed by atoms with Crippen LogP contribution in [0, 0.1) is 0 Å². The molecular formula is C84H60N3OP. The van der Waals surface area contributed by atoms with Crippen LogP contribution < -0.4 is 15.9 Å². The number of aromatic nitrogens is 3. The van der Waals surface area contributed by atoms with E-state index in [2.05, 4.69) is 261 Å². The first-order valence-corrected chi connectivity index (χ1v) is 32.7. The number of para-hydroxylation sites is 1.